The molecule has 0 aromatic heterocycles. The minimum Gasteiger partial charge on any atom is -0.384 e. The smallest absolute Gasteiger partial charge is 0.236 e. The Morgan fingerprint density at radius 2 is 1.86 bits per heavy atom. The number of sulfonamides is 1. The van der Waals surface area contributed by atoms with Crippen molar-refractivity contribution in [3.63, 3.8) is 0 Å². The Kier molecular flexibility index (Phi) is 7.14. The molecule has 1 rings (SSSR count). The third-order valence-corrected chi connectivity index (χ3v) is 4.92. The Hall–Kier alpha value is -1.11. The van der Waals surface area contributed by atoms with E-state index in [2.05, 4.69) is 10.0 Å². The summed E-state index contributed by atoms with van der Waals surface area (Å²) in [7, 11) is -1.78. The van der Waals surface area contributed by atoms with E-state index in [0.29, 0.717) is 25.3 Å². The highest BCUT2D eigenvalue weighted by Crippen LogP contribution is 2.18. The SMILES string of the molecule is COCCc1ccccc1NS(=O)(=O)C(C)CNC(C)C. The van der Waals surface area contributed by atoms with E-state index in [9.17, 15) is 8.42 Å². The predicted molar refractivity (Wildman–Crippen MR) is 87.2 cm³/mol. The lowest BCUT2D eigenvalue weighted by Gasteiger charge is -2.18. The quantitative estimate of drug-likeness (QED) is 0.731. The van der Waals surface area contributed by atoms with Crippen molar-refractivity contribution in [2.45, 2.75) is 38.5 Å². The first-order chi connectivity index (χ1) is 9.86. The van der Waals surface area contributed by atoms with Crippen molar-refractivity contribution in [3.05, 3.63) is 29.8 Å². The Morgan fingerprint density at radius 1 is 1.19 bits per heavy atom. The molecule has 2 N–H and O–H groups in total. The molecule has 0 aliphatic carbocycles. The lowest BCUT2D eigenvalue weighted by molar-refractivity contribution is 0.202. The zero-order valence-corrected chi connectivity index (χ0v) is 14.0. The first-order valence-corrected chi connectivity index (χ1v) is 8.73. The molecule has 120 valence electrons. The van der Waals surface area contributed by atoms with E-state index in [0.717, 1.165) is 5.56 Å². The number of hydrogen-bond acceptors (Lipinski definition) is 4. The van der Waals surface area contributed by atoms with Crippen LogP contribution >= 0.6 is 0 Å². The summed E-state index contributed by atoms with van der Waals surface area (Å²) in [5.41, 5.74) is 1.57. The van der Waals surface area contributed by atoms with Crippen LogP contribution in [0.1, 0.15) is 26.3 Å². The summed E-state index contributed by atoms with van der Waals surface area (Å²) in [5.74, 6) is 0. The summed E-state index contributed by atoms with van der Waals surface area (Å²) >= 11 is 0. The Bertz CT molecular complexity index is 529. The molecule has 1 aromatic rings. The normalized spacial score (nSPS) is 13.4. The molecule has 21 heavy (non-hydrogen) atoms. The van der Waals surface area contributed by atoms with Crippen LogP contribution < -0.4 is 10.0 Å². The van der Waals surface area contributed by atoms with Gasteiger partial charge in [-0.3, -0.25) is 4.72 Å². The summed E-state index contributed by atoms with van der Waals surface area (Å²) < 4.78 is 32.5. The second-order valence-corrected chi connectivity index (χ2v) is 7.52. The lowest BCUT2D eigenvalue weighted by Crippen LogP contribution is -2.37. The van der Waals surface area contributed by atoms with E-state index in [4.69, 9.17) is 4.74 Å². The molecule has 0 aliphatic heterocycles. The van der Waals surface area contributed by atoms with Gasteiger partial charge < -0.3 is 10.1 Å². The van der Waals surface area contributed by atoms with Crippen molar-refractivity contribution >= 4 is 15.7 Å². The van der Waals surface area contributed by atoms with E-state index >= 15 is 0 Å². The molecule has 5 nitrogen and oxygen atoms in total. The zero-order valence-electron chi connectivity index (χ0n) is 13.2. The third-order valence-electron chi connectivity index (χ3n) is 3.19. The maximum atomic E-state index is 12.4. The van der Waals surface area contributed by atoms with Crippen LogP contribution in [0.2, 0.25) is 0 Å². The summed E-state index contributed by atoms with van der Waals surface area (Å²) in [6.07, 6.45) is 0.674. The molecule has 1 atom stereocenters. The van der Waals surface area contributed by atoms with Gasteiger partial charge >= 0.3 is 0 Å². The second kappa shape index (κ2) is 8.36. The van der Waals surface area contributed by atoms with Crippen molar-refractivity contribution in [2.75, 3.05) is 25.0 Å². The predicted octanol–water partition coefficient (Wildman–Crippen LogP) is 2.00. The van der Waals surface area contributed by atoms with Crippen LogP contribution in [0.25, 0.3) is 0 Å². The van der Waals surface area contributed by atoms with Crippen molar-refractivity contribution in [1.82, 2.24) is 5.32 Å². The molecule has 1 aromatic carbocycles. The highest BCUT2D eigenvalue weighted by molar-refractivity contribution is 7.93. The minimum absolute atomic E-state index is 0.261. The molecular weight excluding hydrogens is 288 g/mol. The number of methoxy groups -OCH3 is 1. The van der Waals surface area contributed by atoms with Crippen LogP contribution in [0.3, 0.4) is 0 Å². The van der Waals surface area contributed by atoms with E-state index < -0.39 is 15.3 Å². The number of benzene rings is 1. The molecular formula is C15H26N2O3S. The Balaban J connectivity index is 2.79. The van der Waals surface area contributed by atoms with Gasteiger partial charge in [0.05, 0.1) is 17.5 Å². The molecule has 1 unspecified atom stereocenters. The number of para-hydroxylation sites is 1. The third kappa shape index (κ3) is 6.03. The number of ether oxygens (including phenoxy) is 1. The van der Waals surface area contributed by atoms with Gasteiger partial charge in [0.25, 0.3) is 0 Å². The molecule has 6 heteroatoms. The number of hydrogen-bond donors (Lipinski definition) is 2. The molecule has 0 spiro atoms. The maximum absolute atomic E-state index is 12.4. The van der Waals surface area contributed by atoms with Gasteiger partial charge in [-0.05, 0) is 25.0 Å². The van der Waals surface area contributed by atoms with Gasteiger partial charge in [-0.2, -0.15) is 0 Å². The van der Waals surface area contributed by atoms with Crippen LogP contribution in [0.15, 0.2) is 24.3 Å². The molecule has 0 bridgehead atoms. The molecule has 0 amide bonds. The van der Waals surface area contributed by atoms with Crippen molar-refractivity contribution in [2.24, 2.45) is 0 Å². The molecule has 0 aliphatic rings. The van der Waals surface area contributed by atoms with Crippen LogP contribution in [0.4, 0.5) is 5.69 Å². The Morgan fingerprint density at radius 3 is 2.48 bits per heavy atom. The zero-order chi connectivity index (χ0) is 15.9. The fraction of sp³-hybridized carbons (Fsp3) is 0.600. The molecule has 0 heterocycles. The van der Waals surface area contributed by atoms with Gasteiger partial charge in [-0.25, -0.2) is 8.42 Å². The highest BCUT2D eigenvalue weighted by Gasteiger charge is 2.21. The lowest BCUT2D eigenvalue weighted by atomic mass is 10.1. The summed E-state index contributed by atoms with van der Waals surface area (Å²) in [4.78, 5) is 0. The first kappa shape index (κ1) is 17.9. The topological polar surface area (TPSA) is 67.4 Å². The fourth-order valence-corrected chi connectivity index (χ4v) is 2.84. The average molecular weight is 314 g/mol. The highest BCUT2D eigenvalue weighted by atomic mass is 32.2. The molecule has 0 saturated carbocycles. The molecule has 0 fully saturated rings. The van der Waals surface area contributed by atoms with Crippen LogP contribution in [0.5, 0.6) is 0 Å². The van der Waals surface area contributed by atoms with Gasteiger partial charge in [0.15, 0.2) is 0 Å². The number of rotatable bonds is 9. The Labute approximate surface area is 128 Å². The van der Waals surface area contributed by atoms with E-state index in [1.165, 1.54) is 0 Å². The van der Waals surface area contributed by atoms with E-state index in [-0.39, 0.29) is 6.04 Å². The summed E-state index contributed by atoms with van der Waals surface area (Å²) in [5, 5.41) is 2.64. The largest absolute Gasteiger partial charge is 0.384 e. The number of anilines is 1. The van der Waals surface area contributed by atoms with E-state index in [1.807, 2.05) is 32.0 Å². The van der Waals surface area contributed by atoms with Gasteiger partial charge in [0, 0.05) is 19.7 Å². The van der Waals surface area contributed by atoms with Gasteiger partial charge in [0.1, 0.15) is 0 Å². The second-order valence-electron chi connectivity index (χ2n) is 5.42. The standard InChI is InChI=1S/C15H26N2O3S/c1-12(2)16-11-13(3)21(18,19)17-15-8-6-5-7-14(15)9-10-20-4/h5-8,12-13,16-17H,9-11H2,1-4H3. The van der Waals surface area contributed by atoms with Crippen molar-refractivity contribution in [1.29, 1.82) is 0 Å². The van der Waals surface area contributed by atoms with Crippen LogP contribution in [-0.2, 0) is 21.2 Å². The number of nitrogens with one attached hydrogen (secondary N) is 2. The van der Waals surface area contributed by atoms with Crippen molar-refractivity contribution in [3.8, 4) is 0 Å². The van der Waals surface area contributed by atoms with Gasteiger partial charge in [0.2, 0.25) is 10.0 Å². The monoisotopic (exact) mass is 314 g/mol. The maximum Gasteiger partial charge on any atom is 0.236 e. The molecule has 0 radical (unpaired) electrons. The molecule has 0 saturated heterocycles. The van der Waals surface area contributed by atoms with Gasteiger partial charge in [-0.1, -0.05) is 32.0 Å². The van der Waals surface area contributed by atoms with Crippen molar-refractivity contribution < 1.29 is 13.2 Å². The fourth-order valence-electron chi connectivity index (χ4n) is 1.82. The van der Waals surface area contributed by atoms with E-state index in [1.54, 1.807) is 20.1 Å². The summed E-state index contributed by atoms with van der Waals surface area (Å²) in [6.45, 7) is 6.67. The first-order valence-electron chi connectivity index (χ1n) is 7.18. The minimum atomic E-state index is -3.41. The summed E-state index contributed by atoms with van der Waals surface area (Å²) in [6, 6.07) is 7.67. The van der Waals surface area contributed by atoms with Crippen LogP contribution in [0, 0.1) is 0 Å². The average Bonchev–Trinajstić information content (AvgIpc) is 2.43. The van der Waals surface area contributed by atoms with Gasteiger partial charge in [-0.15, -0.1) is 0 Å². The van der Waals surface area contributed by atoms with Crippen LogP contribution in [-0.4, -0.2) is 40.0 Å².